The van der Waals surface area contributed by atoms with Gasteiger partial charge in [0, 0.05) is 12.6 Å². The van der Waals surface area contributed by atoms with Crippen molar-refractivity contribution in [3.05, 3.63) is 29.8 Å². The summed E-state index contributed by atoms with van der Waals surface area (Å²) in [5, 5.41) is 0. The van der Waals surface area contributed by atoms with Gasteiger partial charge in [0.25, 0.3) is 0 Å². The third-order valence-corrected chi connectivity index (χ3v) is 5.38. The third kappa shape index (κ3) is 3.94. The molecule has 1 unspecified atom stereocenters. The Kier molecular flexibility index (Phi) is 4.47. The van der Waals surface area contributed by atoms with Crippen molar-refractivity contribution >= 4 is 9.84 Å². The van der Waals surface area contributed by atoms with Crippen LogP contribution >= 0.6 is 0 Å². The van der Waals surface area contributed by atoms with E-state index in [9.17, 15) is 8.42 Å². The van der Waals surface area contributed by atoms with E-state index in [2.05, 4.69) is 4.90 Å². The lowest BCUT2D eigenvalue weighted by Crippen LogP contribution is -2.35. The molecule has 1 aliphatic rings. The van der Waals surface area contributed by atoms with Gasteiger partial charge >= 0.3 is 0 Å². The van der Waals surface area contributed by atoms with Gasteiger partial charge in [-0.1, -0.05) is 18.2 Å². The lowest BCUT2D eigenvalue weighted by atomic mass is 10.2. The number of hydrogen-bond donors (Lipinski definition) is 0. The molecule has 1 aliphatic heterocycles. The fourth-order valence-electron chi connectivity index (χ4n) is 2.32. The zero-order valence-electron chi connectivity index (χ0n) is 11.5. The highest BCUT2D eigenvalue weighted by Gasteiger charge is 2.30. The zero-order valence-corrected chi connectivity index (χ0v) is 12.3. The molecule has 0 N–H and O–H groups in total. The number of ether oxygens (including phenoxy) is 1. The van der Waals surface area contributed by atoms with Crippen molar-refractivity contribution in [2.75, 3.05) is 31.7 Å². The van der Waals surface area contributed by atoms with Crippen LogP contribution in [0.4, 0.5) is 0 Å². The second-order valence-corrected chi connectivity index (χ2v) is 7.38. The number of sulfone groups is 1. The minimum Gasteiger partial charge on any atom is -0.492 e. The summed E-state index contributed by atoms with van der Waals surface area (Å²) in [5.74, 6) is 1.50. The molecule has 0 spiro atoms. The Hall–Kier alpha value is -1.07. The van der Waals surface area contributed by atoms with Crippen LogP contribution in [0.5, 0.6) is 5.75 Å². The van der Waals surface area contributed by atoms with Gasteiger partial charge in [0.2, 0.25) is 0 Å². The molecular weight excluding hydrogens is 262 g/mol. The van der Waals surface area contributed by atoms with E-state index in [1.807, 2.05) is 38.2 Å². The Balaban J connectivity index is 1.79. The standard InChI is InChI=1S/C14H21NO3S/c1-12-5-3-4-6-14(12)18-9-8-15(2)13-7-10-19(16,17)11-13/h3-6,13H,7-11H2,1-2H3. The van der Waals surface area contributed by atoms with Crippen LogP contribution in [-0.4, -0.2) is 51.1 Å². The van der Waals surface area contributed by atoms with E-state index in [-0.39, 0.29) is 11.8 Å². The molecular formula is C14H21NO3S. The minimum absolute atomic E-state index is 0.144. The lowest BCUT2D eigenvalue weighted by Gasteiger charge is -2.23. The first kappa shape index (κ1) is 14.3. The highest BCUT2D eigenvalue weighted by atomic mass is 32.2. The Bertz CT molecular complexity index is 527. The van der Waals surface area contributed by atoms with Crippen molar-refractivity contribution in [1.82, 2.24) is 4.90 Å². The molecule has 0 aromatic heterocycles. The van der Waals surface area contributed by atoms with Crippen molar-refractivity contribution in [3.63, 3.8) is 0 Å². The fraction of sp³-hybridized carbons (Fsp3) is 0.571. The first-order valence-electron chi connectivity index (χ1n) is 6.57. The highest BCUT2D eigenvalue weighted by molar-refractivity contribution is 7.91. The summed E-state index contributed by atoms with van der Waals surface area (Å²) in [6.45, 7) is 3.34. The van der Waals surface area contributed by atoms with E-state index in [1.54, 1.807) is 0 Å². The Morgan fingerprint density at radius 3 is 2.74 bits per heavy atom. The average Bonchev–Trinajstić information content (AvgIpc) is 2.72. The molecule has 0 bridgehead atoms. The lowest BCUT2D eigenvalue weighted by molar-refractivity contribution is 0.201. The predicted octanol–water partition coefficient (Wildman–Crippen LogP) is 1.49. The summed E-state index contributed by atoms with van der Waals surface area (Å²) in [6.07, 6.45) is 0.739. The third-order valence-electron chi connectivity index (χ3n) is 3.63. The molecule has 4 nitrogen and oxygen atoms in total. The van der Waals surface area contributed by atoms with Gasteiger partial charge in [-0.2, -0.15) is 0 Å². The van der Waals surface area contributed by atoms with E-state index >= 15 is 0 Å². The number of para-hydroxylation sites is 1. The molecule has 0 saturated carbocycles. The minimum atomic E-state index is -2.81. The molecule has 1 atom stereocenters. The first-order valence-corrected chi connectivity index (χ1v) is 8.39. The molecule has 1 fully saturated rings. The summed E-state index contributed by atoms with van der Waals surface area (Å²) in [7, 11) is -0.842. The predicted molar refractivity (Wildman–Crippen MR) is 76.4 cm³/mol. The number of benzene rings is 1. The SMILES string of the molecule is Cc1ccccc1OCCN(C)C1CCS(=O)(=O)C1. The molecule has 1 saturated heterocycles. The van der Waals surface area contributed by atoms with Gasteiger partial charge in [0.15, 0.2) is 9.84 Å². The normalized spacial score (nSPS) is 21.7. The van der Waals surface area contributed by atoms with E-state index < -0.39 is 9.84 Å². The smallest absolute Gasteiger partial charge is 0.151 e. The van der Waals surface area contributed by atoms with Crippen molar-refractivity contribution < 1.29 is 13.2 Å². The number of nitrogens with zero attached hydrogens (tertiary/aromatic N) is 1. The molecule has 0 amide bonds. The Morgan fingerprint density at radius 1 is 1.37 bits per heavy atom. The van der Waals surface area contributed by atoms with Crippen molar-refractivity contribution in [1.29, 1.82) is 0 Å². The second-order valence-electron chi connectivity index (χ2n) is 5.15. The summed E-state index contributed by atoms with van der Waals surface area (Å²) >= 11 is 0. The van der Waals surface area contributed by atoms with Crippen LogP contribution in [-0.2, 0) is 9.84 Å². The van der Waals surface area contributed by atoms with Crippen molar-refractivity contribution in [3.8, 4) is 5.75 Å². The topological polar surface area (TPSA) is 46.6 Å². The van der Waals surface area contributed by atoms with Crippen LogP contribution in [0.3, 0.4) is 0 Å². The van der Waals surface area contributed by atoms with Gasteiger partial charge in [0.05, 0.1) is 11.5 Å². The maximum absolute atomic E-state index is 11.4. The quantitative estimate of drug-likeness (QED) is 0.821. The van der Waals surface area contributed by atoms with Gasteiger partial charge < -0.3 is 4.74 Å². The summed E-state index contributed by atoms with van der Waals surface area (Å²) in [6, 6.07) is 8.05. The summed E-state index contributed by atoms with van der Waals surface area (Å²) in [4.78, 5) is 2.09. The maximum atomic E-state index is 11.4. The number of rotatable bonds is 5. The van der Waals surface area contributed by atoms with E-state index in [0.29, 0.717) is 12.4 Å². The highest BCUT2D eigenvalue weighted by Crippen LogP contribution is 2.18. The monoisotopic (exact) mass is 283 g/mol. The summed E-state index contributed by atoms with van der Waals surface area (Å²) < 4.78 is 28.6. The van der Waals surface area contributed by atoms with Crippen molar-refractivity contribution in [2.45, 2.75) is 19.4 Å². The average molecular weight is 283 g/mol. The van der Waals surface area contributed by atoms with Gasteiger partial charge in [-0.05, 0) is 32.0 Å². The van der Waals surface area contributed by atoms with Crippen LogP contribution < -0.4 is 4.74 Å². The Labute approximate surface area is 115 Å². The maximum Gasteiger partial charge on any atom is 0.151 e. The Morgan fingerprint density at radius 2 is 2.11 bits per heavy atom. The molecule has 5 heteroatoms. The summed E-state index contributed by atoms with van der Waals surface area (Å²) in [5.41, 5.74) is 1.12. The first-order chi connectivity index (χ1) is 8.98. The molecule has 19 heavy (non-hydrogen) atoms. The molecule has 0 aliphatic carbocycles. The van der Waals surface area contributed by atoms with Crippen LogP contribution in [0.1, 0.15) is 12.0 Å². The van der Waals surface area contributed by atoms with E-state index in [0.717, 1.165) is 24.3 Å². The molecule has 1 heterocycles. The van der Waals surface area contributed by atoms with Gasteiger partial charge in [-0.3, -0.25) is 4.90 Å². The van der Waals surface area contributed by atoms with Gasteiger partial charge in [0.1, 0.15) is 12.4 Å². The van der Waals surface area contributed by atoms with E-state index in [1.165, 1.54) is 0 Å². The van der Waals surface area contributed by atoms with E-state index in [4.69, 9.17) is 4.74 Å². The number of likely N-dealkylation sites (N-methyl/N-ethyl adjacent to an activating group) is 1. The van der Waals surface area contributed by atoms with Crippen LogP contribution in [0.25, 0.3) is 0 Å². The fourth-order valence-corrected chi connectivity index (χ4v) is 4.13. The molecule has 0 radical (unpaired) electrons. The van der Waals surface area contributed by atoms with Gasteiger partial charge in [-0.25, -0.2) is 8.42 Å². The van der Waals surface area contributed by atoms with Gasteiger partial charge in [-0.15, -0.1) is 0 Å². The van der Waals surface area contributed by atoms with Crippen LogP contribution in [0.2, 0.25) is 0 Å². The zero-order chi connectivity index (χ0) is 13.9. The largest absolute Gasteiger partial charge is 0.492 e. The molecule has 1 aromatic carbocycles. The van der Waals surface area contributed by atoms with Crippen molar-refractivity contribution in [2.24, 2.45) is 0 Å². The molecule has 1 aromatic rings. The number of aryl methyl sites for hydroxylation is 1. The van der Waals surface area contributed by atoms with Crippen LogP contribution in [0, 0.1) is 6.92 Å². The second kappa shape index (κ2) is 5.92. The molecule has 106 valence electrons. The molecule has 2 rings (SSSR count). The number of hydrogen-bond acceptors (Lipinski definition) is 4. The van der Waals surface area contributed by atoms with Crippen LogP contribution in [0.15, 0.2) is 24.3 Å².